The van der Waals surface area contributed by atoms with E-state index in [1.54, 1.807) is 22.9 Å². The van der Waals surface area contributed by atoms with E-state index in [0.29, 0.717) is 41.1 Å². The minimum absolute atomic E-state index is 0.154. The van der Waals surface area contributed by atoms with Crippen LogP contribution in [0.1, 0.15) is 35.4 Å². The van der Waals surface area contributed by atoms with Crippen molar-refractivity contribution in [3.63, 3.8) is 0 Å². The van der Waals surface area contributed by atoms with Crippen LogP contribution in [0.5, 0.6) is 0 Å². The highest BCUT2D eigenvalue weighted by molar-refractivity contribution is 6.37. The topological polar surface area (TPSA) is 54.3 Å². The van der Waals surface area contributed by atoms with Gasteiger partial charge in [0.05, 0.1) is 10.0 Å². The van der Waals surface area contributed by atoms with Gasteiger partial charge in [-0.25, -0.2) is 9.67 Å². The van der Waals surface area contributed by atoms with E-state index < -0.39 is 0 Å². The fourth-order valence-corrected chi connectivity index (χ4v) is 4.41. The highest BCUT2D eigenvalue weighted by Crippen LogP contribution is 2.29. The Morgan fingerprint density at radius 1 is 0.968 bits per heavy atom. The molecule has 2 aromatic carbocycles. The lowest BCUT2D eigenvalue weighted by molar-refractivity contribution is 0.0749. The minimum Gasteiger partial charge on any atom is -0.335 e. The molecule has 0 spiro atoms. The maximum atomic E-state index is 13.2. The lowest BCUT2D eigenvalue weighted by atomic mass is 10.2. The Kier molecular flexibility index (Phi) is 6.90. The summed E-state index contributed by atoms with van der Waals surface area (Å²) in [6, 6.07) is 15.7. The second-order valence-electron chi connectivity index (χ2n) is 7.59. The van der Waals surface area contributed by atoms with Crippen LogP contribution in [-0.2, 0) is 13.0 Å². The molecule has 8 heteroatoms. The molecule has 4 rings (SSSR count). The summed E-state index contributed by atoms with van der Waals surface area (Å²) in [7, 11) is 0. The summed E-state index contributed by atoms with van der Waals surface area (Å²) >= 11 is 12.7. The predicted molar refractivity (Wildman–Crippen MR) is 123 cm³/mol. The molecule has 0 aliphatic carbocycles. The Bertz CT molecular complexity index is 1030. The van der Waals surface area contributed by atoms with Crippen molar-refractivity contribution in [3.05, 3.63) is 75.8 Å². The number of aryl methyl sites for hydroxylation is 1. The standard InChI is InChI=1S/C23H25Cl2N5O/c1-2-20-26-22(27-30(20)21-18(24)10-6-11-19(21)25)23(31)29-13-7-12-28(14-15-29)16-17-8-4-3-5-9-17/h3-6,8-11H,2,7,12-16H2,1H3. The fraction of sp³-hybridized carbons (Fsp3) is 0.348. The van der Waals surface area contributed by atoms with Crippen molar-refractivity contribution in [2.45, 2.75) is 26.3 Å². The lowest BCUT2D eigenvalue weighted by Crippen LogP contribution is -2.35. The zero-order valence-electron chi connectivity index (χ0n) is 17.5. The molecule has 2 heterocycles. The highest BCUT2D eigenvalue weighted by atomic mass is 35.5. The van der Waals surface area contributed by atoms with Crippen molar-refractivity contribution in [3.8, 4) is 5.69 Å². The Balaban J connectivity index is 1.50. The van der Waals surface area contributed by atoms with Crippen LogP contribution in [0.3, 0.4) is 0 Å². The summed E-state index contributed by atoms with van der Waals surface area (Å²) in [5, 5.41) is 5.44. The predicted octanol–water partition coefficient (Wildman–Crippen LogP) is 4.48. The van der Waals surface area contributed by atoms with Gasteiger partial charge in [0.25, 0.3) is 5.91 Å². The first-order valence-corrected chi connectivity index (χ1v) is 11.3. The normalized spacial score (nSPS) is 15.1. The van der Waals surface area contributed by atoms with Crippen molar-refractivity contribution >= 4 is 29.1 Å². The third-order valence-electron chi connectivity index (χ3n) is 5.46. The number of para-hydroxylation sites is 1. The summed E-state index contributed by atoms with van der Waals surface area (Å²) in [5.41, 5.74) is 1.84. The van der Waals surface area contributed by atoms with Gasteiger partial charge in [-0.3, -0.25) is 9.69 Å². The van der Waals surface area contributed by atoms with Gasteiger partial charge in [0.2, 0.25) is 5.82 Å². The van der Waals surface area contributed by atoms with Crippen LogP contribution in [-0.4, -0.2) is 56.7 Å². The minimum atomic E-state index is -0.154. The zero-order valence-corrected chi connectivity index (χ0v) is 19.0. The molecule has 1 aromatic heterocycles. The van der Waals surface area contributed by atoms with E-state index in [1.165, 1.54) is 5.56 Å². The van der Waals surface area contributed by atoms with Crippen molar-refractivity contribution in [1.82, 2.24) is 24.6 Å². The summed E-state index contributed by atoms with van der Waals surface area (Å²) < 4.78 is 1.59. The number of hydrogen-bond donors (Lipinski definition) is 0. The molecular formula is C23H25Cl2N5O. The molecule has 0 atom stereocenters. The monoisotopic (exact) mass is 457 g/mol. The van der Waals surface area contributed by atoms with Crippen LogP contribution in [0.15, 0.2) is 48.5 Å². The number of carbonyl (C=O) groups excluding carboxylic acids is 1. The molecule has 1 saturated heterocycles. The first-order valence-electron chi connectivity index (χ1n) is 10.5. The maximum Gasteiger partial charge on any atom is 0.293 e. The molecule has 31 heavy (non-hydrogen) atoms. The first kappa shape index (κ1) is 21.8. The highest BCUT2D eigenvalue weighted by Gasteiger charge is 2.25. The van der Waals surface area contributed by atoms with E-state index in [4.69, 9.17) is 23.2 Å². The SMILES string of the molecule is CCc1nc(C(=O)N2CCCN(Cc3ccccc3)CC2)nn1-c1c(Cl)cccc1Cl. The molecule has 0 radical (unpaired) electrons. The molecule has 1 amide bonds. The van der Waals surface area contributed by atoms with Gasteiger partial charge in [0.1, 0.15) is 11.5 Å². The second kappa shape index (κ2) is 9.81. The smallest absolute Gasteiger partial charge is 0.293 e. The van der Waals surface area contributed by atoms with Gasteiger partial charge in [0.15, 0.2) is 0 Å². The number of amides is 1. The van der Waals surface area contributed by atoms with E-state index in [2.05, 4.69) is 39.2 Å². The fourth-order valence-electron chi connectivity index (χ4n) is 3.85. The molecule has 1 fully saturated rings. The Labute approximate surface area is 192 Å². The van der Waals surface area contributed by atoms with E-state index in [1.807, 2.05) is 17.9 Å². The van der Waals surface area contributed by atoms with Crippen molar-refractivity contribution < 1.29 is 4.79 Å². The van der Waals surface area contributed by atoms with E-state index in [9.17, 15) is 4.79 Å². The van der Waals surface area contributed by atoms with E-state index in [0.717, 1.165) is 26.1 Å². The van der Waals surface area contributed by atoms with Crippen LogP contribution in [0.25, 0.3) is 5.69 Å². The number of carbonyl (C=O) groups is 1. The summed E-state index contributed by atoms with van der Waals surface area (Å²) in [6.45, 7) is 5.96. The van der Waals surface area contributed by atoms with Crippen molar-refractivity contribution in [2.24, 2.45) is 0 Å². The molecule has 3 aromatic rings. The zero-order chi connectivity index (χ0) is 21.8. The number of benzene rings is 2. The quantitative estimate of drug-likeness (QED) is 0.566. The number of halogens is 2. The van der Waals surface area contributed by atoms with E-state index in [-0.39, 0.29) is 11.7 Å². The van der Waals surface area contributed by atoms with Crippen LogP contribution in [0.2, 0.25) is 10.0 Å². The Morgan fingerprint density at radius 2 is 1.71 bits per heavy atom. The molecule has 0 bridgehead atoms. The first-order chi connectivity index (χ1) is 15.1. The number of hydrogen-bond acceptors (Lipinski definition) is 4. The van der Waals surface area contributed by atoms with Crippen LogP contribution < -0.4 is 0 Å². The molecular weight excluding hydrogens is 433 g/mol. The van der Waals surface area contributed by atoms with Gasteiger partial charge < -0.3 is 4.90 Å². The second-order valence-corrected chi connectivity index (χ2v) is 8.41. The Hall–Kier alpha value is -2.41. The number of nitrogens with zero attached hydrogens (tertiary/aromatic N) is 5. The number of aromatic nitrogens is 3. The van der Waals surface area contributed by atoms with Crippen LogP contribution >= 0.6 is 23.2 Å². The lowest BCUT2D eigenvalue weighted by Gasteiger charge is -2.21. The molecule has 1 aliphatic rings. The average Bonchev–Trinajstić information content (AvgIpc) is 3.06. The van der Waals surface area contributed by atoms with Gasteiger partial charge in [-0.1, -0.05) is 66.5 Å². The molecule has 6 nitrogen and oxygen atoms in total. The molecule has 1 aliphatic heterocycles. The third kappa shape index (κ3) is 4.92. The summed E-state index contributed by atoms with van der Waals surface area (Å²) in [4.78, 5) is 21.9. The van der Waals surface area contributed by atoms with E-state index >= 15 is 0 Å². The van der Waals surface area contributed by atoms with Crippen molar-refractivity contribution in [1.29, 1.82) is 0 Å². The molecule has 162 valence electrons. The van der Waals surface area contributed by atoms with Gasteiger partial charge in [-0.2, -0.15) is 0 Å². The molecule has 0 N–H and O–H groups in total. The van der Waals surface area contributed by atoms with Crippen LogP contribution in [0, 0.1) is 0 Å². The molecule has 0 unspecified atom stereocenters. The van der Waals surface area contributed by atoms with Crippen LogP contribution in [0.4, 0.5) is 0 Å². The van der Waals surface area contributed by atoms with Gasteiger partial charge >= 0.3 is 0 Å². The largest absolute Gasteiger partial charge is 0.335 e. The third-order valence-corrected chi connectivity index (χ3v) is 6.07. The summed E-state index contributed by atoms with van der Waals surface area (Å²) in [5.74, 6) is 0.682. The van der Waals surface area contributed by atoms with Crippen molar-refractivity contribution in [2.75, 3.05) is 26.2 Å². The van der Waals surface area contributed by atoms with Gasteiger partial charge in [-0.15, -0.1) is 5.10 Å². The maximum absolute atomic E-state index is 13.2. The number of rotatable bonds is 5. The average molecular weight is 458 g/mol. The van der Waals surface area contributed by atoms with Gasteiger partial charge in [0, 0.05) is 39.1 Å². The Morgan fingerprint density at radius 3 is 2.42 bits per heavy atom. The van der Waals surface area contributed by atoms with Gasteiger partial charge in [-0.05, 0) is 24.1 Å². The molecule has 0 saturated carbocycles. The summed E-state index contributed by atoms with van der Waals surface area (Å²) in [6.07, 6.45) is 1.52.